The van der Waals surface area contributed by atoms with Gasteiger partial charge in [0.1, 0.15) is 5.82 Å². The van der Waals surface area contributed by atoms with Crippen molar-refractivity contribution in [3.63, 3.8) is 0 Å². The van der Waals surface area contributed by atoms with Gasteiger partial charge in [0.15, 0.2) is 6.04 Å². The maximum Gasteiger partial charge on any atom is 0.333 e. The van der Waals surface area contributed by atoms with Gasteiger partial charge < -0.3 is 10.1 Å². The normalized spacial score (nSPS) is 11.6. The molecule has 5 nitrogen and oxygen atoms in total. The minimum Gasteiger partial charge on any atom is -0.467 e. The Morgan fingerprint density at radius 1 is 1.28 bits per heavy atom. The predicted octanol–water partition coefficient (Wildman–Crippen LogP) is 1.80. The molecule has 1 atom stereocenters. The second-order valence-corrected chi connectivity index (χ2v) is 3.60. The number of ether oxygens (including phenoxy) is 1. The van der Waals surface area contributed by atoms with Crippen molar-refractivity contribution in [1.82, 2.24) is 9.97 Å². The van der Waals surface area contributed by atoms with Crippen LogP contribution in [0.3, 0.4) is 0 Å². The van der Waals surface area contributed by atoms with Crippen molar-refractivity contribution in [3.8, 4) is 0 Å². The lowest BCUT2D eigenvalue weighted by Crippen LogP contribution is -2.22. The van der Waals surface area contributed by atoms with Gasteiger partial charge >= 0.3 is 5.97 Å². The van der Waals surface area contributed by atoms with Crippen molar-refractivity contribution in [1.29, 1.82) is 0 Å². The van der Waals surface area contributed by atoms with Crippen LogP contribution in [0.5, 0.6) is 0 Å². The molecule has 2 rings (SSSR count). The molecule has 0 bridgehead atoms. The zero-order valence-electron chi connectivity index (χ0n) is 9.91. The third-order valence-corrected chi connectivity index (χ3v) is 2.43. The number of aromatic nitrogens is 2. The summed E-state index contributed by atoms with van der Waals surface area (Å²) >= 11 is 0. The van der Waals surface area contributed by atoms with Crippen LogP contribution in [0, 0.1) is 0 Å². The molecule has 1 N–H and O–H groups in total. The molecule has 1 aromatic carbocycles. The quantitative estimate of drug-likeness (QED) is 0.829. The molecule has 0 aliphatic rings. The van der Waals surface area contributed by atoms with Gasteiger partial charge in [0, 0.05) is 12.4 Å². The highest BCUT2D eigenvalue weighted by Gasteiger charge is 2.21. The van der Waals surface area contributed by atoms with Gasteiger partial charge in [0.05, 0.1) is 13.3 Å². The highest BCUT2D eigenvalue weighted by atomic mass is 16.5. The topological polar surface area (TPSA) is 64.1 Å². The molecule has 5 heteroatoms. The molecule has 2 aromatic rings. The van der Waals surface area contributed by atoms with Crippen LogP contribution < -0.4 is 5.32 Å². The number of methoxy groups -OCH3 is 1. The Hall–Kier alpha value is -2.43. The van der Waals surface area contributed by atoms with Crippen LogP contribution >= 0.6 is 0 Å². The van der Waals surface area contributed by atoms with E-state index in [0.29, 0.717) is 5.82 Å². The zero-order valence-corrected chi connectivity index (χ0v) is 9.91. The number of esters is 1. The number of carbonyl (C=O) groups is 1. The lowest BCUT2D eigenvalue weighted by Gasteiger charge is -2.16. The Morgan fingerprint density at radius 2 is 2.06 bits per heavy atom. The largest absolute Gasteiger partial charge is 0.467 e. The lowest BCUT2D eigenvalue weighted by molar-refractivity contribution is -0.141. The number of anilines is 1. The molecule has 1 aromatic heterocycles. The summed E-state index contributed by atoms with van der Waals surface area (Å²) in [5.41, 5.74) is 0.815. The first-order valence-corrected chi connectivity index (χ1v) is 5.46. The van der Waals surface area contributed by atoms with E-state index in [1.165, 1.54) is 7.11 Å². The molecule has 92 valence electrons. The van der Waals surface area contributed by atoms with Crippen molar-refractivity contribution in [3.05, 3.63) is 54.5 Å². The molecule has 0 saturated heterocycles. The second-order valence-electron chi connectivity index (χ2n) is 3.60. The number of hydrogen-bond donors (Lipinski definition) is 1. The standard InChI is InChI=1S/C13H13N3O2/c1-18-13(17)12(10-5-3-2-4-6-10)16-11-9-14-7-8-15-11/h2-9,12H,1H3,(H,15,16). The fourth-order valence-electron chi connectivity index (χ4n) is 1.56. The van der Waals surface area contributed by atoms with Crippen molar-refractivity contribution >= 4 is 11.8 Å². The van der Waals surface area contributed by atoms with E-state index in [4.69, 9.17) is 4.74 Å². The van der Waals surface area contributed by atoms with Gasteiger partial charge in [-0.25, -0.2) is 9.78 Å². The third kappa shape index (κ3) is 2.82. The van der Waals surface area contributed by atoms with Crippen molar-refractivity contribution < 1.29 is 9.53 Å². The van der Waals surface area contributed by atoms with Crippen molar-refractivity contribution in [2.45, 2.75) is 6.04 Å². The molecule has 1 heterocycles. The van der Waals surface area contributed by atoms with Crippen LogP contribution in [0.1, 0.15) is 11.6 Å². The second kappa shape index (κ2) is 5.77. The van der Waals surface area contributed by atoms with E-state index in [-0.39, 0.29) is 5.97 Å². The van der Waals surface area contributed by atoms with Gasteiger partial charge in [-0.3, -0.25) is 4.98 Å². The van der Waals surface area contributed by atoms with E-state index in [9.17, 15) is 4.79 Å². The molecule has 0 aliphatic heterocycles. The van der Waals surface area contributed by atoms with Gasteiger partial charge in [-0.15, -0.1) is 0 Å². The Morgan fingerprint density at radius 3 is 2.67 bits per heavy atom. The van der Waals surface area contributed by atoms with E-state index in [1.807, 2.05) is 30.3 Å². The van der Waals surface area contributed by atoms with E-state index in [1.54, 1.807) is 18.6 Å². The molecule has 0 radical (unpaired) electrons. The molecule has 0 aliphatic carbocycles. The number of benzene rings is 1. The van der Waals surface area contributed by atoms with Crippen LogP contribution in [0.25, 0.3) is 0 Å². The summed E-state index contributed by atoms with van der Waals surface area (Å²) in [5.74, 6) is 0.156. The maximum atomic E-state index is 11.8. The minimum absolute atomic E-state index is 0.369. The number of nitrogens with one attached hydrogen (secondary N) is 1. The molecule has 18 heavy (non-hydrogen) atoms. The average Bonchev–Trinajstić information content (AvgIpc) is 2.46. The first kappa shape index (κ1) is 12.0. The van der Waals surface area contributed by atoms with Gasteiger partial charge in [-0.05, 0) is 5.56 Å². The molecular weight excluding hydrogens is 230 g/mol. The van der Waals surface area contributed by atoms with Gasteiger partial charge in [-0.2, -0.15) is 0 Å². The van der Waals surface area contributed by atoms with Crippen LogP contribution in [-0.2, 0) is 9.53 Å². The van der Waals surface area contributed by atoms with Gasteiger partial charge in [0.25, 0.3) is 0 Å². The monoisotopic (exact) mass is 243 g/mol. The smallest absolute Gasteiger partial charge is 0.333 e. The van der Waals surface area contributed by atoms with E-state index >= 15 is 0 Å². The molecular formula is C13H13N3O2. The summed E-state index contributed by atoms with van der Waals surface area (Å²) in [5, 5.41) is 3.00. The maximum absolute atomic E-state index is 11.8. The Balaban J connectivity index is 2.24. The number of nitrogens with zero attached hydrogens (tertiary/aromatic N) is 2. The molecule has 0 spiro atoms. The first-order valence-electron chi connectivity index (χ1n) is 5.46. The summed E-state index contributed by atoms with van der Waals surface area (Å²) in [6.45, 7) is 0. The van der Waals surface area contributed by atoms with Crippen LogP contribution in [0.2, 0.25) is 0 Å². The van der Waals surface area contributed by atoms with E-state index in [0.717, 1.165) is 5.56 Å². The Bertz CT molecular complexity index is 502. The fraction of sp³-hybridized carbons (Fsp3) is 0.154. The SMILES string of the molecule is COC(=O)C(Nc1cnccn1)c1ccccc1. The van der Waals surface area contributed by atoms with E-state index < -0.39 is 6.04 Å². The lowest BCUT2D eigenvalue weighted by atomic mass is 10.1. The van der Waals surface area contributed by atoms with Crippen LogP contribution in [0.15, 0.2) is 48.9 Å². The highest BCUT2D eigenvalue weighted by molar-refractivity contribution is 5.80. The van der Waals surface area contributed by atoms with Crippen LogP contribution in [-0.4, -0.2) is 23.0 Å². The summed E-state index contributed by atoms with van der Waals surface area (Å²) in [4.78, 5) is 19.8. The Kier molecular flexibility index (Phi) is 3.86. The summed E-state index contributed by atoms with van der Waals surface area (Å²) in [6, 6.07) is 8.73. The van der Waals surface area contributed by atoms with Gasteiger partial charge in [-0.1, -0.05) is 30.3 Å². The zero-order chi connectivity index (χ0) is 12.8. The third-order valence-electron chi connectivity index (χ3n) is 2.43. The molecule has 0 amide bonds. The Labute approximate surface area is 105 Å². The number of hydrogen-bond acceptors (Lipinski definition) is 5. The summed E-state index contributed by atoms with van der Waals surface area (Å²) < 4.78 is 4.79. The predicted molar refractivity (Wildman–Crippen MR) is 66.9 cm³/mol. The van der Waals surface area contributed by atoms with Crippen molar-refractivity contribution in [2.24, 2.45) is 0 Å². The fourth-order valence-corrected chi connectivity index (χ4v) is 1.56. The number of rotatable bonds is 4. The molecule has 0 fully saturated rings. The van der Waals surface area contributed by atoms with Crippen molar-refractivity contribution in [2.75, 3.05) is 12.4 Å². The summed E-state index contributed by atoms with van der Waals surface area (Å²) in [7, 11) is 1.36. The minimum atomic E-state index is -0.590. The van der Waals surface area contributed by atoms with E-state index in [2.05, 4.69) is 15.3 Å². The first-order chi connectivity index (χ1) is 8.81. The highest BCUT2D eigenvalue weighted by Crippen LogP contribution is 2.18. The van der Waals surface area contributed by atoms with Crippen LogP contribution in [0.4, 0.5) is 5.82 Å². The molecule has 1 unspecified atom stereocenters. The number of carbonyl (C=O) groups excluding carboxylic acids is 1. The molecule has 0 saturated carbocycles. The van der Waals surface area contributed by atoms with Gasteiger partial charge in [0.2, 0.25) is 0 Å². The average molecular weight is 243 g/mol. The summed E-state index contributed by atoms with van der Waals surface area (Å²) in [6.07, 6.45) is 4.68.